The summed E-state index contributed by atoms with van der Waals surface area (Å²) in [4.78, 5) is 24.4. The minimum absolute atomic E-state index is 0.110. The van der Waals surface area contributed by atoms with Crippen molar-refractivity contribution >= 4 is 27.5 Å². The van der Waals surface area contributed by atoms with Crippen LogP contribution in [0.2, 0.25) is 0 Å². The largest absolute Gasteiger partial charge is 0.353 e. The topological polar surface area (TPSA) is 95.6 Å². The molecule has 1 saturated heterocycles. The van der Waals surface area contributed by atoms with Gasteiger partial charge >= 0.3 is 0 Å². The first-order valence-corrected chi connectivity index (χ1v) is 13.4. The second kappa shape index (κ2) is 8.45. The van der Waals surface area contributed by atoms with E-state index in [2.05, 4.69) is 10.6 Å². The van der Waals surface area contributed by atoms with Crippen LogP contribution in [0.4, 0.5) is 5.69 Å². The van der Waals surface area contributed by atoms with E-state index in [1.54, 1.807) is 12.1 Å². The lowest BCUT2D eigenvalue weighted by Crippen LogP contribution is -2.57. The van der Waals surface area contributed by atoms with Crippen molar-refractivity contribution in [3.05, 3.63) is 24.3 Å². The third kappa shape index (κ3) is 4.19. The van der Waals surface area contributed by atoms with Crippen molar-refractivity contribution in [1.82, 2.24) is 9.62 Å². The molecule has 6 rings (SSSR count). The maximum Gasteiger partial charge on any atom is 0.243 e. The summed E-state index contributed by atoms with van der Waals surface area (Å²) in [5, 5.41) is 6.04. The van der Waals surface area contributed by atoms with Gasteiger partial charge in [0, 0.05) is 37.7 Å². The molecule has 32 heavy (non-hydrogen) atoms. The molecule has 4 bridgehead atoms. The summed E-state index contributed by atoms with van der Waals surface area (Å²) in [5.74, 6) is 2.87. The summed E-state index contributed by atoms with van der Waals surface area (Å²) < 4.78 is 27.5. The molecule has 1 aliphatic heterocycles. The number of sulfonamides is 1. The first-order valence-electron chi connectivity index (χ1n) is 12.0. The molecule has 1 aromatic carbocycles. The summed E-state index contributed by atoms with van der Waals surface area (Å²) in [6.45, 7) is 2.12. The number of rotatable bonds is 5. The van der Waals surface area contributed by atoms with E-state index in [4.69, 9.17) is 0 Å². The van der Waals surface area contributed by atoms with Gasteiger partial charge in [-0.05, 0) is 92.9 Å². The minimum Gasteiger partial charge on any atom is -0.353 e. The molecule has 1 aromatic rings. The Morgan fingerprint density at radius 3 is 2.00 bits per heavy atom. The van der Waals surface area contributed by atoms with Gasteiger partial charge in [-0.15, -0.1) is 0 Å². The standard InChI is InChI=1S/C24H33N3O4S/c1-15(28)25-21-2-4-22(5-3-21)32(30,31)27-8-6-18(7-9-27)24(29)26-23-19-11-16-10-17(13-19)14-20(23)12-16/h2-5,16-20,23H,6-14H2,1H3,(H,25,28)(H,26,29). The second-order valence-corrected chi connectivity index (χ2v) is 12.3. The quantitative estimate of drug-likeness (QED) is 0.708. The van der Waals surface area contributed by atoms with Crippen LogP contribution in [0.15, 0.2) is 29.2 Å². The summed E-state index contributed by atoms with van der Waals surface area (Å²) in [6, 6.07) is 6.57. The molecule has 4 aliphatic carbocycles. The van der Waals surface area contributed by atoms with Crippen LogP contribution in [-0.2, 0) is 19.6 Å². The smallest absolute Gasteiger partial charge is 0.243 e. The van der Waals surface area contributed by atoms with Crippen LogP contribution in [-0.4, -0.2) is 43.7 Å². The third-order valence-corrected chi connectivity index (χ3v) is 10.1. The second-order valence-electron chi connectivity index (χ2n) is 10.3. The fraction of sp³-hybridized carbons (Fsp3) is 0.667. The zero-order chi connectivity index (χ0) is 22.5. The van der Waals surface area contributed by atoms with E-state index in [-0.39, 0.29) is 22.6 Å². The van der Waals surface area contributed by atoms with E-state index in [9.17, 15) is 18.0 Å². The van der Waals surface area contributed by atoms with E-state index in [1.807, 2.05) is 0 Å². The molecule has 5 aliphatic rings. The number of hydrogen-bond donors (Lipinski definition) is 2. The highest BCUT2D eigenvalue weighted by atomic mass is 32.2. The monoisotopic (exact) mass is 459 g/mol. The Morgan fingerprint density at radius 2 is 1.47 bits per heavy atom. The predicted molar refractivity (Wildman–Crippen MR) is 121 cm³/mol. The molecule has 0 radical (unpaired) electrons. The molecule has 0 atom stereocenters. The lowest BCUT2D eigenvalue weighted by atomic mass is 9.54. The van der Waals surface area contributed by atoms with E-state index in [1.165, 1.54) is 55.5 Å². The molecule has 0 unspecified atom stereocenters. The summed E-state index contributed by atoms with van der Waals surface area (Å²) in [7, 11) is -3.61. The maximum atomic E-state index is 13.0. The number of carbonyl (C=O) groups excluding carboxylic acids is 2. The summed E-state index contributed by atoms with van der Waals surface area (Å²) >= 11 is 0. The molecular weight excluding hydrogens is 426 g/mol. The van der Waals surface area contributed by atoms with Crippen LogP contribution in [0, 0.1) is 29.6 Å². The van der Waals surface area contributed by atoms with Crippen LogP contribution >= 0.6 is 0 Å². The molecule has 2 amide bonds. The Hall–Kier alpha value is -1.93. The number of anilines is 1. The van der Waals surface area contributed by atoms with Gasteiger partial charge in [0.25, 0.3) is 0 Å². The fourth-order valence-electron chi connectivity index (χ4n) is 6.86. The molecule has 0 aromatic heterocycles. The van der Waals surface area contributed by atoms with Crippen LogP contribution < -0.4 is 10.6 Å². The van der Waals surface area contributed by atoms with Crippen LogP contribution in [0.5, 0.6) is 0 Å². The highest BCUT2D eigenvalue weighted by molar-refractivity contribution is 7.89. The third-order valence-electron chi connectivity index (χ3n) is 8.17. The van der Waals surface area contributed by atoms with Gasteiger partial charge in [0.2, 0.25) is 21.8 Å². The SMILES string of the molecule is CC(=O)Nc1ccc(S(=O)(=O)N2CCC(C(=O)NC3C4CC5CC(C4)CC3C5)CC2)cc1. The number of benzene rings is 1. The zero-order valence-corrected chi connectivity index (χ0v) is 19.4. The molecule has 4 saturated carbocycles. The number of hydrogen-bond acceptors (Lipinski definition) is 4. The number of nitrogens with zero attached hydrogens (tertiary/aromatic N) is 1. The lowest BCUT2D eigenvalue weighted by molar-refractivity contribution is -0.130. The molecule has 5 fully saturated rings. The van der Waals surface area contributed by atoms with Crippen molar-refractivity contribution < 1.29 is 18.0 Å². The van der Waals surface area contributed by atoms with Crippen molar-refractivity contribution in [1.29, 1.82) is 0 Å². The van der Waals surface area contributed by atoms with Crippen molar-refractivity contribution in [2.24, 2.45) is 29.6 Å². The Balaban J connectivity index is 1.17. The fourth-order valence-corrected chi connectivity index (χ4v) is 8.33. The summed E-state index contributed by atoms with van der Waals surface area (Å²) in [6.07, 6.45) is 7.61. The Kier molecular flexibility index (Phi) is 5.78. The molecule has 7 nitrogen and oxygen atoms in total. The lowest BCUT2D eigenvalue weighted by Gasteiger charge is -2.54. The number of carbonyl (C=O) groups is 2. The van der Waals surface area contributed by atoms with Crippen LogP contribution in [0.3, 0.4) is 0 Å². The highest BCUT2D eigenvalue weighted by Crippen LogP contribution is 2.53. The van der Waals surface area contributed by atoms with Gasteiger partial charge in [-0.2, -0.15) is 4.31 Å². The van der Waals surface area contributed by atoms with E-state index < -0.39 is 10.0 Å². The van der Waals surface area contributed by atoms with Crippen molar-refractivity contribution in [2.45, 2.75) is 62.8 Å². The Labute approximate surface area is 190 Å². The van der Waals surface area contributed by atoms with Gasteiger partial charge in [0.15, 0.2) is 0 Å². The zero-order valence-electron chi connectivity index (χ0n) is 18.6. The van der Waals surface area contributed by atoms with Crippen molar-refractivity contribution in [2.75, 3.05) is 18.4 Å². The first-order chi connectivity index (χ1) is 15.3. The average molecular weight is 460 g/mol. The van der Waals surface area contributed by atoms with Gasteiger partial charge in [-0.25, -0.2) is 8.42 Å². The van der Waals surface area contributed by atoms with Gasteiger partial charge < -0.3 is 10.6 Å². The number of amides is 2. The van der Waals surface area contributed by atoms with Crippen LogP contribution in [0.1, 0.15) is 51.9 Å². The summed E-state index contributed by atoms with van der Waals surface area (Å²) in [5.41, 5.74) is 0.566. The van der Waals surface area contributed by atoms with Gasteiger partial charge in [-0.1, -0.05) is 0 Å². The molecule has 174 valence electrons. The highest BCUT2D eigenvalue weighted by Gasteiger charge is 2.49. The van der Waals surface area contributed by atoms with Gasteiger partial charge in [-0.3, -0.25) is 9.59 Å². The first kappa shape index (κ1) is 21.9. The van der Waals surface area contributed by atoms with Gasteiger partial charge in [0.1, 0.15) is 0 Å². The average Bonchev–Trinajstić information content (AvgIpc) is 2.76. The molecule has 0 spiro atoms. The molecule has 1 heterocycles. The van der Waals surface area contributed by atoms with Crippen molar-refractivity contribution in [3.63, 3.8) is 0 Å². The molecular formula is C24H33N3O4S. The maximum absolute atomic E-state index is 13.0. The minimum atomic E-state index is -3.61. The molecule has 2 N–H and O–H groups in total. The van der Waals surface area contributed by atoms with Crippen LogP contribution in [0.25, 0.3) is 0 Å². The normalized spacial score (nSPS) is 32.6. The van der Waals surface area contributed by atoms with Gasteiger partial charge in [0.05, 0.1) is 4.90 Å². The molecule has 8 heteroatoms. The number of nitrogens with one attached hydrogen (secondary N) is 2. The predicted octanol–water partition coefficient (Wildman–Crippen LogP) is 2.99. The van der Waals surface area contributed by atoms with Crippen molar-refractivity contribution in [3.8, 4) is 0 Å². The van der Waals surface area contributed by atoms with E-state index in [0.717, 1.165) is 11.8 Å². The Bertz CT molecular complexity index is 955. The Morgan fingerprint density at radius 1 is 0.906 bits per heavy atom. The van der Waals surface area contributed by atoms with E-state index in [0.29, 0.717) is 49.5 Å². The van der Waals surface area contributed by atoms with E-state index >= 15 is 0 Å². The number of piperidine rings is 1.